The lowest BCUT2D eigenvalue weighted by atomic mass is 10.0. The summed E-state index contributed by atoms with van der Waals surface area (Å²) in [6.45, 7) is 11.2. The number of rotatable bonds is 9. The fourth-order valence-electron chi connectivity index (χ4n) is 2.43. The van der Waals surface area contributed by atoms with Crippen molar-refractivity contribution in [3.63, 3.8) is 0 Å². The Hall–Kier alpha value is -2.35. The van der Waals surface area contributed by atoms with Gasteiger partial charge >= 0.3 is 0 Å². The fraction of sp³-hybridized carbons (Fsp3) is 0.632. The third kappa shape index (κ3) is 6.39. The Labute approximate surface area is 160 Å². The van der Waals surface area contributed by atoms with Gasteiger partial charge in [-0.3, -0.25) is 0 Å². The highest BCUT2D eigenvalue weighted by Gasteiger charge is 2.26. The minimum absolute atomic E-state index is 0.191. The van der Waals surface area contributed by atoms with Crippen molar-refractivity contribution in [2.45, 2.75) is 59.0 Å². The average molecular weight is 377 g/mol. The van der Waals surface area contributed by atoms with Crippen molar-refractivity contribution in [3.8, 4) is 0 Å². The predicted octanol–water partition coefficient (Wildman–Crippen LogP) is 2.49. The van der Waals surface area contributed by atoms with Crippen LogP contribution in [0.25, 0.3) is 0 Å². The third-order valence-electron chi connectivity index (χ3n) is 4.02. The highest BCUT2D eigenvalue weighted by molar-refractivity contribution is 5.79. The van der Waals surface area contributed by atoms with Crippen LogP contribution in [0.3, 0.4) is 0 Å². The highest BCUT2D eigenvalue weighted by Crippen LogP contribution is 2.23. The van der Waals surface area contributed by atoms with Crippen LogP contribution in [0.4, 0.5) is 0 Å². The molecule has 0 saturated heterocycles. The van der Waals surface area contributed by atoms with E-state index in [0.717, 1.165) is 24.6 Å². The lowest BCUT2D eigenvalue weighted by molar-refractivity contribution is 0.0428. The first kappa shape index (κ1) is 21.0. The van der Waals surface area contributed by atoms with Gasteiger partial charge in [-0.25, -0.2) is 4.99 Å². The van der Waals surface area contributed by atoms with E-state index in [0.29, 0.717) is 30.6 Å². The van der Waals surface area contributed by atoms with Crippen LogP contribution in [0.5, 0.6) is 0 Å². The molecule has 1 atom stereocenters. The summed E-state index contributed by atoms with van der Waals surface area (Å²) in [5.74, 6) is 3.58. The summed E-state index contributed by atoms with van der Waals surface area (Å²) in [5, 5.41) is 21.0. The van der Waals surface area contributed by atoms with Crippen LogP contribution in [-0.4, -0.2) is 40.8 Å². The van der Waals surface area contributed by atoms with Gasteiger partial charge < -0.3 is 24.7 Å². The van der Waals surface area contributed by atoms with E-state index in [2.05, 4.69) is 25.8 Å². The minimum Gasteiger partial charge on any atom is -0.463 e. The van der Waals surface area contributed by atoms with Gasteiger partial charge in [-0.2, -0.15) is 4.98 Å². The molecule has 0 amide bonds. The standard InChI is InChI=1S/C19H31N5O3/c1-6-20-18(22-12-19(5,25)15-10-9-14(4)26-15)21-11-7-8-16-23-17(13(2)3)24-27-16/h9-10,13,25H,6-8,11-12H2,1-5H3,(H2,20,21,22). The Bertz CT molecular complexity index is 733. The van der Waals surface area contributed by atoms with Crippen molar-refractivity contribution in [2.24, 2.45) is 4.99 Å². The Kier molecular flexibility index (Phi) is 7.41. The molecule has 0 radical (unpaired) electrons. The van der Waals surface area contributed by atoms with Gasteiger partial charge in [0, 0.05) is 25.4 Å². The summed E-state index contributed by atoms with van der Waals surface area (Å²) >= 11 is 0. The first-order chi connectivity index (χ1) is 12.8. The number of hydrogen-bond acceptors (Lipinski definition) is 6. The first-order valence-corrected chi connectivity index (χ1v) is 9.45. The average Bonchev–Trinajstić information content (AvgIpc) is 3.26. The number of aliphatic hydroxyl groups is 1. The molecule has 2 rings (SSSR count). The van der Waals surface area contributed by atoms with Crippen molar-refractivity contribution in [1.29, 1.82) is 0 Å². The lowest BCUT2D eigenvalue weighted by Crippen LogP contribution is -2.39. The summed E-state index contributed by atoms with van der Waals surface area (Å²) < 4.78 is 10.8. The zero-order valence-electron chi connectivity index (χ0n) is 16.9. The molecule has 8 nitrogen and oxygen atoms in total. The molecule has 0 aliphatic heterocycles. The van der Waals surface area contributed by atoms with Gasteiger partial charge in [-0.15, -0.1) is 0 Å². The maximum atomic E-state index is 10.6. The molecule has 0 aliphatic rings. The van der Waals surface area contributed by atoms with Crippen molar-refractivity contribution < 1.29 is 14.0 Å². The van der Waals surface area contributed by atoms with E-state index < -0.39 is 5.60 Å². The molecule has 1 unspecified atom stereocenters. The molecule has 27 heavy (non-hydrogen) atoms. The van der Waals surface area contributed by atoms with Gasteiger partial charge in [-0.1, -0.05) is 19.0 Å². The topological polar surface area (TPSA) is 109 Å². The molecule has 0 saturated carbocycles. The van der Waals surface area contributed by atoms with E-state index in [-0.39, 0.29) is 12.5 Å². The first-order valence-electron chi connectivity index (χ1n) is 9.45. The summed E-state index contributed by atoms with van der Waals surface area (Å²) in [6.07, 6.45) is 1.54. The second-order valence-corrected chi connectivity index (χ2v) is 7.11. The number of aromatic nitrogens is 2. The Morgan fingerprint density at radius 3 is 2.70 bits per heavy atom. The largest absolute Gasteiger partial charge is 0.463 e. The summed E-state index contributed by atoms with van der Waals surface area (Å²) in [5.41, 5.74) is -1.16. The SMILES string of the molecule is CCNC(=NCC(C)(O)c1ccc(C)o1)NCCCc1nc(C(C)C)no1. The molecule has 2 aromatic heterocycles. The van der Waals surface area contributed by atoms with Gasteiger partial charge in [-0.05, 0) is 39.3 Å². The zero-order chi connectivity index (χ0) is 19.9. The normalized spacial score (nSPS) is 14.4. The quantitative estimate of drug-likeness (QED) is 0.350. The van der Waals surface area contributed by atoms with Gasteiger partial charge in [0.15, 0.2) is 11.8 Å². The molecule has 0 bridgehead atoms. The number of aliphatic imine (C=N–C) groups is 1. The van der Waals surface area contributed by atoms with Gasteiger partial charge in [0.1, 0.15) is 17.1 Å². The Morgan fingerprint density at radius 1 is 1.33 bits per heavy atom. The molecule has 3 N–H and O–H groups in total. The van der Waals surface area contributed by atoms with Crippen LogP contribution in [0.1, 0.15) is 63.3 Å². The highest BCUT2D eigenvalue weighted by atomic mass is 16.5. The van der Waals surface area contributed by atoms with Crippen LogP contribution in [0.15, 0.2) is 26.1 Å². The number of guanidine groups is 1. The van der Waals surface area contributed by atoms with E-state index >= 15 is 0 Å². The van der Waals surface area contributed by atoms with E-state index in [1.165, 1.54) is 0 Å². The smallest absolute Gasteiger partial charge is 0.226 e. The Balaban J connectivity index is 1.84. The third-order valence-corrected chi connectivity index (χ3v) is 4.02. The second kappa shape index (κ2) is 9.55. The van der Waals surface area contributed by atoms with Crippen molar-refractivity contribution in [2.75, 3.05) is 19.6 Å². The number of furan rings is 1. The summed E-state index contributed by atoms with van der Waals surface area (Å²) in [4.78, 5) is 8.85. The van der Waals surface area contributed by atoms with Gasteiger partial charge in [0.25, 0.3) is 0 Å². The number of aryl methyl sites for hydroxylation is 2. The molecule has 2 aromatic rings. The van der Waals surface area contributed by atoms with Crippen LogP contribution in [-0.2, 0) is 12.0 Å². The van der Waals surface area contributed by atoms with Crippen LogP contribution in [0, 0.1) is 6.92 Å². The van der Waals surface area contributed by atoms with Crippen molar-refractivity contribution >= 4 is 5.96 Å². The molecule has 0 aromatic carbocycles. The van der Waals surface area contributed by atoms with E-state index in [4.69, 9.17) is 8.94 Å². The molecular weight excluding hydrogens is 346 g/mol. The van der Waals surface area contributed by atoms with Gasteiger partial charge in [0.2, 0.25) is 5.89 Å². The maximum absolute atomic E-state index is 10.6. The van der Waals surface area contributed by atoms with Crippen molar-refractivity contribution in [1.82, 2.24) is 20.8 Å². The molecule has 150 valence electrons. The number of hydrogen-bond donors (Lipinski definition) is 3. The second-order valence-electron chi connectivity index (χ2n) is 7.11. The number of nitrogens with zero attached hydrogens (tertiary/aromatic N) is 3. The molecule has 0 fully saturated rings. The summed E-state index contributed by atoms with van der Waals surface area (Å²) in [7, 11) is 0. The molecule has 0 aliphatic carbocycles. The lowest BCUT2D eigenvalue weighted by Gasteiger charge is -2.19. The fourth-order valence-corrected chi connectivity index (χ4v) is 2.43. The van der Waals surface area contributed by atoms with E-state index in [1.807, 2.05) is 33.8 Å². The molecular formula is C19H31N5O3. The van der Waals surface area contributed by atoms with Crippen molar-refractivity contribution in [3.05, 3.63) is 35.4 Å². The zero-order valence-corrected chi connectivity index (χ0v) is 16.9. The predicted molar refractivity (Wildman–Crippen MR) is 104 cm³/mol. The number of nitrogens with one attached hydrogen (secondary N) is 2. The van der Waals surface area contributed by atoms with Crippen LogP contribution < -0.4 is 10.6 Å². The minimum atomic E-state index is -1.16. The molecule has 8 heteroatoms. The van der Waals surface area contributed by atoms with E-state index in [1.54, 1.807) is 13.0 Å². The van der Waals surface area contributed by atoms with E-state index in [9.17, 15) is 5.11 Å². The van der Waals surface area contributed by atoms with Crippen LogP contribution in [0.2, 0.25) is 0 Å². The van der Waals surface area contributed by atoms with Gasteiger partial charge in [0.05, 0.1) is 6.54 Å². The molecule has 0 spiro atoms. The monoisotopic (exact) mass is 377 g/mol. The maximum Gasteiger partial charge on any atom is 0.226 e. The molecule has 2 heterocycles. The summed E-state index contributed by atoms with van der Waals surface area (Å²) in [6, 6.07) is 3.61. The Morgan fingerprint density at radius 2 is 2.11 bits per heavy atom. The van der Waals surface area contributed by atoms with Crippen LogP contribution >= 0.6 is 0 Å².